The summed E-state index contributed by atoms with van der Waals surface area (Å²) in [5.41, 5.74) is 6.07. The van der Waals surface area contributed by atoms with Gasteiger partial charge in [0.05, 0.1) is 6.04 Å². The highest BCUT2D eigenvalue weighted by Crippen LogP contribution is 2.26. The van der Waals surface area contributed by atoms with Gasteiger partial charge < -0.3 is 10.5 Å². The van der Waals surface area contributed by atoms with Crippen LogP contribution in [0.1, 0.15) is 50.5 Å². The molecular formula is C12H21N5OS. The van der Waals surface area contributed by atoms with Crippen molar-refractivity contribution in [1.29, 1.82) is 0 Å². The first-order valence-electron chi connectivity index (χ1n) is 6.40. The average Bonchev–Trinajstić information content (AvgIpc) is 2.86. The lowest BCUT2D eigenvalue weighted by Gasteiger charge is -2.13. The molecule has 0 saturated carbocycles. The van der Waals surface area contributed by atoms with Crippen molar-refractivity contribution in [2.24, 2.45) is 5.73 Å². The SMILES string of the molecule is COCCCC(N)c1nn2c(C(C)(C)C)nnc2s1. The van der Waals surface area contributed by atoms with E-state index in [-0.39, 0.29) is 11.5 Å². The first-order valence-corrected chi connectivity index (χ1v) is 7.22. The van der Waals surface area contributed by atoms with E-state index in [4.69, 9.17) is 10.5 Å². The Kier molecular flexibility index (Phi) is 4.17. The third kappa shape index (κ3) is 3.10. The molecule has 2 heterocycles. The second-order valence-corrected chi connectivity index (χ2v) is 6.64. The first-order chi connectivity index (χ1) is 8.93. The minimum absolute atomic E-state index is 0.0605. The van der Waals surface area contributed by atoms with Gasteiger partial charge in [0.2, 0.25) is 4.96 Å². The second-order valence-electron chi connectivity index (χ2n) is 5.65. The Morgan fingerprint density at radius 2 is 2.11 bits per heavy atom. The van der Waals surface area contributed by atoms with Gasteiger partial charge in [-0.1, -0.05) is 32.1 Å². The summed E-state index contributed by atoms with van der Waals surface area (Å²) in [5, 5.41) is 13.8. The predicted octanol–water partition coefficient (Wildman–Crippen LogP) is 1.91. The lowest BCUT2D eigenvalue weighted by atomic mass is 9.96. The summed E-state index contributed by atoms with van der Waals surface area (Å²) in [4.78, 5) is 0.808. The van der Waals surface area contributed by atoms with Crippen molar-refractivity contribution in [2.75, 3.05) is 13.7 Å². The fraction of sp³-hybridized carbons (Fsp3) is 0.750. The zero-order valence-corrected chi connectivity index (χ0v) is 12.7. The molecule has 106 valence electrons. The van der Waals surface area contributed by atoms with Crippen molar-refractivity contribution >= 4 is 16.3 Å². The largest absolute Gasteiger partial charge is 0.385 e. The minimum atomic E-state index is -0.0785. The fourth-order valence-corrected chi connectivity index (χ4v) is 2.69. The highest BCUT2D eigenvalue weighted by atomic mass is 32.1. The minimum Gasteiger partial charge on any atom is -0.385 e. The van der Waals surface area contributed by atoms with Gasteiger partial charge in [-0.05, 0) is 12.8 Å². The number of fused-ring (bicyclic) bond motifs is 1. The predicted molar refractivity (Wildman–Crippen MR) is 75.4 cm³/mol. The van der Waals surface area contributed by atoms with Crippen LogP contribution in [0.15, 0.2) is 0 Å². The molecule has 2 aromatic rings. The Morgan fingerprint density at radius 3 is 2.74 bits per heavy atom. The van der Waals surface area contributed by atoms with Gasteiger partial charge in [0, 0.05) is 19.1 Å². The molecule has 19 heavy (non-hydrogen) atoms. The summed E-state index contributed by atoms with van der Waals surface area (Å²) in [6, 6.07) is -0.0605. The second kappa shape index (κ2) is 5.52. The number of nitrogens with zero attached hydrogens (tertiary/aromatic N) is 4. The summed E-state index contributed by atoms with van der Waals surface area (Å²) in [6.45, 7) is 7.02. The van der Waals surface area contributed by atoms with Crippen LogP contribution < -0.4 is 5.73 Å². The van der Waals surface area contributed by atoms with Crippen molar-refractivity contribution in [3.63, 3.8) is 0 Å². The van der Waals surface area contributed by atoms with Gasteiger partial charge in [0.1, 0.15) is 5.01 Å². The Morgan fingerprint density at radius 1 is 1.37 bits per heavy atom. The molecule has 0 aromatic carbocycles. The smallest absolute Gasteiger partial charge is 0.234 e. The summed E-state index contributed by atoms with van der Waals surface area (Å²) in [6.07, 6.45) is 1.80. The van der Waals surface area contributed by atoms with Crippen molar-refractivity contribution in [3.05, 3.63) is 10.8 Å². The van der Waals surface area contributed by atoms with Gasteiger partial charge in [0.25, 0.3) is 0 Å². The molecule has 6 nitrogen and oxygen atoms in total. The van der Waals surface area contributed by atoms with Crippen LogP contribution in [0.5, 0.6) is 0 Å². The maximum Gasteiger partial charge on any atom is 0.234 e. The molecule has 0 aliphatic heterocycles. The van der Waals surface area contributed by atoms with Crippen molar-refractivity contribution in [2.45, 2.75) is 45.1 Å². The number of nitrogens with two attached hydrogens (primary N) is 1. The highest BCUT2D eigenvalue weighted by molar-refractivity contribution is 7.16. The lowest BCUT2D eigenvalue weighted by molar-refractivity contribution is 0.190. The Bertz CT molecular complexity index is 542. The molecule has 1 atom stereocenters. The van der Waals surface area contributed by atoms with Gasteiger partial charge in [-0.2, -0.15) is 9.61 Å². The monoisotopic (exact) mass is 283 g/mol. The van der Waals surface area contributed by atoms with Crippen LogP contribution in [0.4, 0.5) is 0 Å². The van der Waals surface area contributed by atoms with Gasteiger partial charge in [0.15, 0.2) is 5.82 Å². The Hall–Kier alpha value is -1.05. The van der Waals surface area contributed by atoms with E-state index in [9.17, 15) is 0 Å². The molecule has 2 rings (SSSR count). The van der Waals surface area contributed by atoms with Crippen LogP contribution >= 0.6 is 11.3 Å². The third-order valence-electron chi connectivity index (χ3n) is 2.86. The van der Waals surface area contributed by atoms with Gasteiger partial charge >= 0.3 is 0 Å². The van der Waals surface area contributed by atoms with Crippen LogP contribution in [0.25, 0.3) is 4.96 Å². The van der Waals surface area contributed by atoms with Crippen molar-refractivity contribution in [3.8, 4) is 0 Å². The maximum atomic E-state index is 6.15. The molecule has 1 unspecified atom stereocenters. The number of rotatable bonds is 5. The normalized spacial score (nSPS) is 14.2. The molecule has 7 heteroatoms. The molecule has 0 bridgehead atoms. The molecule has 0 fully saturated rings. The topological polar surface area (TPSA) is 78.3 Å². The van der Waals surface area contributed by atoms with E-state index in [0.29, 0.717) is 0 Å². The number of hydrogen-bond acceptors (Lipinski definition) is 6. The molecule has 0 amide bonds. The van der Waals surface area contributed by atoms with E-state index in [0.717, 1.165) is 35.2 Å². The highest BCUT2D eigenvalue weighted by Gasteiger charge is 2.24. The van der Waals surface area contributed by atoms with E-state index in [1.807, 2.05) is 4.52 Å². The van der Waals surface area contributed by atoms with Gasteiger partial charge in [-0.3, -0.25) is 0 Å². The van der Waals surface area contributed by atoms with E-state index in [1.165, 1.54) is 11.3 Å². The maximum absolute atomic E-state index is 6.15. The van der Waals surface area contributed by atoms with Gasteiger partial charge in [-0.15, -0.1) is 10.2 Å². The Labute approximate surface area is 117 Å². The molecule has 2 N–H and O–H groups in total. The molecule has 0 spiro atoms. The number of aromatic nitrogens is 4. The van der Waals surface area contributed by atoms with Crippen molar-refractivity contribution in [1.82, 2.24) is 19.8 Å². The molecule has 0 aliphatic carbocycles. The van der Waals surface area contributed by atoms with Crippen LogP contribution in [0, 0.1) is 0 Å². The van der Waals surface area contributed by atoms with E-state index in [2.05, 4.69) is 36.1 Å². The number of ether oxygens (including phenoxy) is 1. The Balaban J connectivity index is 2.20. The van der Waals surface area contributed by atoms with Crippen LogP contribution in [0.3, 0.4) is 0 Å². The zero-order chi connectivity index (χ0) is 14.0. The fourth-order valence-electron chi connectivity index (χ4n) is 1.82. The van der Waals surface area contributed by atoms with E-state index < -0.39 is 0 Å². The summed E-state index contributed by atoms with van der Waals surface area (Å²) >= 11 is 1.51. The van der Waals surface area contributed by atoms with Crippen LogP contribution in [-0.4, -0.2) is 33.5 Å². The molecule has 0 radical (unpaired) electrons. The first kappa shape index (κ1) is 14.4. The van der Waals surface area contributed by atoms with E-state index >= 15 is 0 Å². The molecular weight excluding hydrogens is 262 g/mol. The van der Waals surface area contributed by atoms with Gasteiger partial charge in [-0.25, -0.2) is 0 Å². The standard InChI is InChI=1S/C12H21N5OS/c1-12(2,3)10-14-15-11-17(10)16-9(19-11)8(13)6-5-7-18-4/h8H,5-7,13H2,1-4H3. The molecule has 2 aromatic heterocycles. The van der Waals surface area contributed by atoms with E-state index in [1.54, 1.807) is 7.11 Å². The van der Waals surface area contributed by atoms with Crippen molar-refractivity contribution < 1.29 is 4.74 Å². The summed E-state index contributed by atoms with van der Waals surface area (Å²) in [7, 11) is 1.70. The number of methoxy groups -OCH3 is 1. The van der Waals surface area contributed by atoms with Crippen LogP contribution in [0.2, 0.25) is 0 Å². The summed E-state index contributed by atoms with van der Waals surface area (Å²) in [5.74, 6) is 0.870. The third-order valence-corrected chi connectivity index (χ3v) is 3.89. The quantitative estimate of drug-likeness (QED) is 0.848. The molecule has 0 aliphatic rings. The molecule has 0 saturated heterocycles. The lowest BCUT2D eigenvalue weighted by Crippen LogP contribution is -2.17. The average molecular weight is 283 g/mol. The van der Waals surface area contributed by atoms with Crippen LogP contribution in [-0.2, 0) is 10.2 Å². The number of hydrogen-bond donors (Lipinski definition) is 1. The summed E-state index contributed by atoms with van der Waals surface area (Å²) < 4.78 is 6.85. The zero-order valence-electron chi connectivity index (χ0n) is 11.9.